The molecular formula is C14H23N3O2. The number of carbonyl (C=O) groups is 1. The summed E-state index contributed by atoms with van der Waals surface area (Å²) in [4.78, 5) is 14.8. The van der Waals surface area contributed by atoms with Crippen molar-refractivity contribution in [2.45, 2.75) is 46.3 Å². The van der Waals surface area contributed by atoms with Crippen LogP contribution in [-0.2, 0) is 17.7 Å². The van der Waals surface area contributed by atoms with Crippen LogP contribution in [0.2, 0.25) is 0 Å². The quantitative estimate of drug-likeness (QED) is 0.770. The van der Waals surface area contributed by atoms with Crippen molar-refractivity contribution in [3.05, 3.63) is 17.3 Å². The highest BCUT2D eigenvalue weighted by molar-refractivity contribution is 5.68. The fourth-order valence-corrected chi connectivity index (χ4v) is 2.22. The Labute approximate surface area is 114 Å². The van der Waals surface area contributed by atoms with Crippen LogP contribution in [0.25, 0.3) is 0 Å². The topological polar surface area (TPSA) is 66.2 Å². The van der Waals surface area contributed by atoms with Crippen LogP contribution in [0.4, 0.5) is 10.6 Å². The molecule has 106 valence electrons. The lowest BCUT2D eigenvalue weighted by atomic mass is 9.96. The normalized spacial score (nSPS) is 18.4. The third kappa shape index (κ3) is 3.66. The molecule has 0 saturated heterocycles. The first kappa shape index (κ1) is 13.8. The molecule has 0 aromatic carbocycles. The average Bonchev–Trinajstić information content (AvgIpc) is 2.66. The molecule has 0 spiro atoms. The van der Waals surface area contributed by atoms with Crippen LogP contribution in [0.3, 0.4) is 0 Å². The number of fused-ring (bicyclic) bond motifs is 1. The lowest BCUT2D eigenvalue weighted by Crippen LogP contribution is -2.32. The van der Waals surface area contributed by atoms with Gasteiger partial charge in [0.15, 0.2) is 0 Å². The van der Waals surface area contributed by atoms with Crippen molar-refractivity contribution < 1.29 is 9.53 Å². The third-order valence-electron chi connectivity index (χ3n) is 3.08. The number of hydrogen-bond donors (Lipinski definition) is 3. The van der Waals surface area contributed by atoms with Crippen LogP contribution >= 0.6 is 0 Å². The monoisotopic (exact) mass is 265 g/mol. The van der Waals surface area contributed by atoms with Gasteiger partial charge in [-0.3, -0.25) is 0 Å². The molecule has 1 aliphatic rings. The number of hydrogen-bond acceptors (Lipinski definition) is 3. The van der Waals surface area contributed by atoms with E-state index in [1.54, 1.807) is 0 Å². The Kier molecular flexibility index (Phi) is 3.73. The summed E-state index contributed by atoms with van der Waals surface area (Å²) in [6, 6.07) is 0. The van der Waals surface area contributed by atoms with E-state index in [0.717, 1.165) is 24.3 Å². The summed E-state index contributed by atoms with van der Waals surface area (Å²) in [6.07, 6.45) is 2.61. The van der Waals surface area contributed by atoms with E-state index in [2.05, 4.69) is 22.5 Å². The van der Waals surface area contributed by atoms with Crippen LogP contribution < -0.4 is 10.6 Å². The molecule has 2 heterocycles. The third-order valence-corrected chi connectivity index (χ3v) is 3.08. The smallest absolute Gasteiger partial charge is 0.407 e. The van der Waals surface area contributed by atoms with Gasteiger partial charge in [0.05, 0.1) is 0 Å². The van der Waals surface area contributed by atoms with Gasteiger partial charge in [0.2, 0.25) is 0 Å². The van der Waals surface area contributed by atoms with Crippen molar-refractivity contribution in [2.24, 2.45) is 5.92 Å². The number of aromatic nitrogens is 1. The highest BCUT2D eigenvalue weighted by Crippen LogP contribution is 2.26. The lowest BCUT2D eigenvalue weighted by molar-refractivity contribution is 0.0523. The van der Waals surface area contributed by atoms with E-state index in [1.807, 2.05) is 27.0 Å². The zero-order valence-corrected chi connectivity index (χ0v) is 12.1. The molecular weight excluding hydrogens is 242 g/mol. The molecule has 19 heavy (non-hydrogen) atoms. The molecule has 2 rings (SSSR count). The number of aromatic amines is 1. The van der Waals surface area contributed by atoms with Gasteiger partial charge in [0, 0.05) is 19.3 Å². The van der Waals surface area contributed by atoms with Gasteiger partial charge in [0.25, 0.3) is 0 Å². The largest absolute Gasteiger partial charge is 0.444 e. The number of alkyl carbamates (subject to hydrolysis) is 1. The second-order valence-electron chi connectivity index (χ2n) is 6.21. The van der Waals surface area contributed by atoms with Gasteiger partial charge in [-0.05, 0) is 44.2 Å². The molecule has 3 N–H and O–H groups in total. The van der Waals surface area contributed by atoms with Gasteiger partial charge in [0.1, 0.15) is 11.4 Å². The van der Waals surface area contributed by atoms with Crippen molar-refractivity contribution >= 4 is 11.9 Å². The molecule has 0 radical (unpaired) electrons. The molecule has 0 unspecified atom stereocenters. The second-order valence-corrected chi connectivity index (χ2v) is 6.21. The Balaban J connectivity index is 1.94. The molecule has 0 aliphatic carbocycles. The fraction of sp³-hybridized carbons (Fsp3) is 0.643. The summed E-state index contributed by atoms with van der Waals surface area (Å²) >= 11 is 0. The molecule has 0 saturated carbocycles. The summed E-state index contributed by atoms with van der Waals surface area (Å²) < 4.78 is 5.23. The Morgan fingerprint density at radius 2 is 2.26 bits per heavy atom. The van der Waals surface area contributed by atoms with E-state index in [-0.39, 0.29) is 6.09 Å². The van der Waals surface area contributed by atoms with Gasteiger partial charge in [-0.2, -0.15) is 0 Å². The summed E-state index contributed by atoms with van der Waals surface area (Å²) in [5.41, 5.74) is 1.94. The fourth-order valence-electron chi connectivity index (χ4n) is 2.22. The Bertz CT molecular complexity index is 460. The van der Waals surface area contributed by atoms with Gasteiger partial charge in [-0.25, -0.2) is 4.79 Å². The molecule has 0 fully saturated rings. The van der Waals surface area contributed by atoms with Crippen molar-refractivity contribution in [1.29, 1.82) is 0 Å². The number of ether oxygens (including phenoxy) is 1. The van der Waals surface area contributed by atoms with Crippen molar-refractivity contribution in [3.63, 3.8) is 0 Å². The van der Waals surface area contributed by atoms with Crippen LogP contribution in [0.5, 0.6) is 0 Å². The summed E-state index contributed by atoms with van der Waals surface area (Å²) in [6.45, 7) is 9.28. The zero-order chi connectivity index (χ0) is 14.0. The maximum Gasteiger partial charge on any atom is 0.407 e. The summed E-state index contributed by atoms with van der Waals surface area (Å²) in [7, 11) is 0. The van der Waals surface area contributed by atoms with E-state index >= 15 is 0 Å². The predicted octanol–water partition coefficient (Wildman–Crippen LogP) is 2.64. The minimum Gasteiger partial charge on any atom is -0.444 e. The molecule has 1 atom stereocenters. The Morgan fingerprint density at radius 3 is 2.95 bits per heavy atom. The standard InChI is InChI=1S/C14H23N3O2/c1-9-5-11-10(7-16-12(11)15-6-9)8-17-13(18)19-14(2,3)4/h7,9,15-16H,5-6,8H2,1-4H3,(H,17,18)/t9-/m0/s1. The number of rotatable bonds is 2. The summed E-state index contributed by atoms with van der Waals surface area (Å²) in [5.74, 6) is 1.70. The molecule has 0 bridgehead atoms. The maximum atomic E-state index is 11.6. The number of nitrogens with one attached hydrogen (secondary N) is 3. The number of H-pyrrole nitrogens is 1. The zero-order valence-electron chi connectivity index (χ0n) is 12.1. The van der Waals surface area contributed by atoms with E-state index in [0.29, 0.717) is 12.5 Å². The van der Waals surface area contributed by atoms with E-state index < -0.39 is 5.60 Å². The number of amides is 1. The van der Waals surface area contributed by atoms with Crippen LogP contribution in [0.1, 0.15) is 38.8 Å². The van der Waals surface area contributed by atoms with Crippen molar-refractivity contribution in [3.8, 4) is 0 Å². The maximum absolute atomic E-state index is 11.6. The number of carbonyl (C=O) groups excluding carboxylic acids is 1. The highest BCUT2D eigenvalue weighted by atomic mass is 16.6. The molecule has 1 aromatic heterocycles. The minimum absolute atomic E-state index is 0.376. The van der Waals surface area contributed by atoms with Gasteiger partial charge in [-0.15, -0.1) is 0 Å². The molecule has 5 nitrogen and oxygen atoms in total. The molecule has 1 amide bonds. The minimum atomic E-state index is -0.461. The lowest BCUT2D eigenvalue weighted by Gasteiger charge is -2.22. The van der Waals surface area contributed by atoms with E-state index in [1.165, 1.54) is 5.56 Å². The van der Waals surface area contributed by atoms with Crippen LogP contribution in [0, 0.1) is 5.92 Å². The van der Waals surface area contributed by atoms with Gasteiger partial charge < -0.3 is 20.4 Å². The average molecular weight is 265 g/mol. The molecule has 1 aromatic rings. The SMILES string of the molecule is C[C@@H]1CNc2[nH]cc(CNC(=O)OC(C)(C)C)c2C1. The predicted molar refractivity (Wildman–Crippen MR) is 75.2 cm³/mol. The van der Waals surface area contributed by atoms with E-state index in [4.69, 9.17) is 4.74 Å². The van der Waals surface area contributed by atoms with Crippen LogP contribution in [-0.4, -0.2) is 23.2 Å². The first-order valence-corrected chi connectivity index (χ1v) is 6.75. The van der Waals surface area contributed by atoms with Crippen LogP contribution in [0.15, 0.2) is 6.20 Å². The Morgan fingerprint density at radius 1 is 1.53 bits per heavy atom. The highest BCUT2D eigenvalue weighted by Gasteiger charge is 2.20. The first-order chi connectivity index (χ1) is 8.85. The van der Waals surface area contributed by atoms with Crippen molar-refractivity contribution in [2.75, 3.05) is 11.9 Å². The molecule has 1 aliphatic heterocycles. The van der Waals surface area contributed by atoms with Crippen molar-refractivity contribution in [1.82, 2.24) is 10.3 Å². The van der Waals surface area contributed by atoms with E-state index in [9.17, 15) is 4.79 Å². The van der Waals surface area contributed by atoms with Gasteiger partial charge >= 0.3 is 6.09 Å². The molecule has 5 heteroatoms. The second kappa shape index (κ2) is 5.15. The first-order valence-electron chi connectivity index (χ1n) is 6.75. The van der Waals surface area contributed by atoms with Gasteiger partial charge in [-0.1, -0.05) is 6.92 Å². The summed E-state index contributed by atoms with van der Waals surface area (Å²) in [5, 5.41) is 6.16. The Hall–Kier alpha value is -1.65. The number of anilines is 1.